The fourth-order valence-corrected chi connectivity index (χ4v) is 2.61. The zero-order chi connectivity index (χ0) is 14.3. The van der Waals surface area contributed by atoms with Crippen LogP contribution in [-0.4, -0.2) is 36.8 Å². The Morgan fingerprint density at radius 3 is 2.37 bits per heavy atom. The van der Waals surface area contributed by atoms with Crippen LogP contribution in [0.4, 0.5) is 0 Å². The summed E-state index contributed by atoms with van der Waals surface area (Å²) in [6, 6.07) is -0.191. The van der Waals surface area contributed by atoms with E-state index in [-0.39, 0.29) is 24.0 Å². The summed E-state index contributed by atoms with van der Waals surface area (Å²) in [5.74, 6) is 0.524. The normalized spacial score (nSPS) is 20.3. The van der Waals surface area contributed by atoms with Crippen LogP contribution < -0.4 is 10.6 Å². The van der Waals surface area contributed by atoms with Crippen LogP contribution in [0.1, 0.15) is 52.9 Å². The highest BCUT2D eigenvalue weighted by Crippen LogP contribution is 2.35. The van der Waals surface area contributed by atoms with E-state index >= 15 is 0 Å². The van der Waals surface area contributed by atoms with Gasteiger partial charge in [-0.15, -0.1) is 0 Å². The van der Waals surface area contributed by atoms with Gasteiger partial charge in [-0.05, 0) is 25.7 Å². The molecule has 1 atom stereocenters. The molecule has 1 aliphatic rings. The number of aliphatic hydroxyl groups excluding tert-OH is 1. The Morgan fingerprint density at radius 1 is 1.21 bits per heavy atom. The average molecular weight is 270 g/mol. The molecule has 0 aromatic carbocycles. The van der Waals surface area contributed by atoms with E-state index in [1.807, 2.05) is 6.92 Å². The van der Waals surface area contributed by atoms with Crippen LogP contribution >= 0.6 is 0 Å². The van der Waals surface area contributed by atoms with Crippen molar-refractivity contribution in [2.75, 3.05) is 19.7 Å². The molecule has 4 nitrogen and oxygen atoms in total. The number of carbonyl (C=O) groups excluding carboxylic acids is 1. The van der Waals surface area contributed by atoms with Crippen molar-refractivity contribution in [3.63, 3.8) is 0 Å². The summed E-state index contributed by atoms with van der Waals surface area (Å²) in [5.41, 5.74) is -0.00909. The van der Waals surface area contributed by atoms with Gasteiger partial charge in [0, 0.05) is 25.1 Å². The van der Waals surface area contributed by atoms with Gasteiger partial charge in [-0.1, -0.05) is 33.1 Å². The van der Waals surface area contributed by atoms with Crippen LogP contribution in [0.5, 0.6) is 0 Å². The van der Waals surface area contributed by atoms with Gasteiger partial charge in [-0.3, -0.25) is 4.79 Å². The van der Waals surface area contributed by atoms with Crippen molar-refractivity contribution in [3.05, 3.63) is 0 Å². The first-order valence-electron chi connectivity index (χ1n) is 7.61. The third-order valence-corrected chi connectivity index (χ3v) is 4.11. The summed E-state index contributed by atoms with van der Waals surface area (Å²) >= 11 is 0. The van der Waals surface area contributed by atoms with Crippen molar-refractivity contribution in [3.8, 4) is 0 Å². The van der Waals surface area contributed by atoms with Crippen LogP contribution in [0, 0.1) is 11.3 Å². The Bertz CT molecular complexity index is 273. The van der Waals surface area contributed by atoms with Crippen LogP contribution in [0.2, 0.25) is 0 Å². The lowest BCUT2D eigenvalue weighted by Gasteiger charge is -2.36. The van der Waals surface area contributed by atoms with Crippen molar-refractivity contribution in [2.45, 2.75) is 58.9 Å². The first-order chi connectivity index (χ1) is 8.99. The number of amides is 1. The largest absolute Gasteiger partial charge is 0.396 e. The van der Waals surface area contributed by atoms with E-state index in [0.29, 0.717) is 5.92 Å². The number of aliphatic hydroxyl groups is 1. The Labute approximate surface area is 117 Å². The topological polar surface area (TPSA) is 61.4 Å². The number of hydrogen-bond acceptors (Lipinski definition) is 3. The molecule has 0 aromatic heterocycles. The molecule has 19 heavy (non-hydrogen) atoms. The zero-order valence-corrected chi connectivity index (χ0v) is 12.7. The molecule has 0 aliphatic heterocycles. The van der Waals surface area contributed by atoms with Gasteiger partial charge in [0.2, 0.25) is 5.91 Å². The molecule has 4 heteroatoms. The molecule has 0 heterocycles. The van der Waals surface area contributed by atoms with E-state index in [4.69, 9.17) is 0 Å². The standard InChI is InChI=1S/C15H30N2O2/c1-12(2)9-16-14(19)13(3)17-10-15(11-18)7-5-4-6-8-15/h12-13,17-18H,4-11H2,1-3H3,(H,16,19). The van der Waals surface area contributed by atoms with Gasteiger partial charge in [0.05, 0.1) is 6.04 Å². The second-order valence-corrected chi connectivity index (χ2v) is 6.46. The lowest BCUT2D eigenvalue weighted by molar-refractivity contribution is -0.123. The smallest absolute Gasteiger partial charge is 0.236 e. The number of rotatable bonds is 7. The number of nitrogens with one attached hydrogen (secondary N) is 2. The maximum atomic E-state index is 11.9. The zero-order valence-electron chi connectivity index (χ0n) is 12.7. The highest BCUT2D eigenvalue weighted by atomic mass is 16.3. The fourth-order valence-electron chi connectivity index (χ4n) is 2.61. The van der Waals surface area contributed by atoms with Gasteiger partial charge in [-0.2, -0.15) is 0 Å². The molecule has 0 spiro atoms. The van der Waals surface area contributed by atoms with Crippen molar-refractivity contribution in [2.24, 2.45) is 11.3 Å². The highest BCUT2D eigenvalue weighted by molar-refractivity contribution is 5.81. The molecule has 1 fully saturated rings. The average Bonchev–Trinajstić information content (AvgIpc) is 2.43. The van der Waals surface area contributed by atoms with Crippen molar-refractivity contribution >= 4 is 5.91 Å². The summed E-state index contributed by atoms with van der Waals surface area (Å²) in [6.45, 7) is 7.74. The van der Waals surface area contributed by atoms with Gasteiger partial charge in [0.1, 0.15) is 0 Å². The molecule has 112 valence electrons. The van der Waals surface area contributed by atoms with Crippen molar-refractivity contribution in [1.29, 1.82) is 0 Å². The Balaban J connectivity index is 2.35. The minimum absolute atomic E-state index is 0.00909. The second-order valence-electron chi connectivity index (χ2n) is 6.46. The molecule has 1 unspecified atom stereocenters. The van der Waals surface area contributed by atoms with E-state index in [1.165, 1.54) is 19.3 Å². The summed E-state index contributed by atoms with van der Waals surface area (Å²) in [5, 5.41) is 15.9. The Morgan fingerprint density at radius 2 is 1.84 bits per heavy atom. The highest BCUT2D eigenvalue weighted by Gasteiger charge is 2.31. The molecule has 1 amide bonds. The number of carbonyl (C=O) groups is 1. The molecular formula is C15H30N2O2. The lowest BCUT2D eigenvalue weighted by atomic mass is 9.74. The molecule has 1 aliphatic carbocycles. The van der Waals surface area contributed by atoms with Gasteiger partial charge in [-0.25, -0.2) is 0 Å². The Hall–Kier alpha value is -0.610. The molecule has 1 saturated carbocycles. The second kappa shape index (κ2) is 7.85. The van der Waals surface area contributed by atoms with Crippen molar-refractivity contribution < 1.29 is 9.90 Å². The fraction of sp³-hybridized carbons (Fsp3) is 0.933. The van der Waals surface area contributed by atoms with Crippen LogP contribution in [0.3, 0.4) is 0 Å². The predicted octanol–water partition coefficient (Wildman–Crippen LogP) is 1.68. The molecule has 0 bridgehead atoms. The SMILES string of the molecule is CC(C)CNC(=O)C(C)NCC1(CO)CCCCC1. The van der Waals surface area contributed by atoms with Gasteiger partial charge >= 0.3 is 0 Å². The van der Waals surface area contributed by atoms with Gasteiger partial charge in [0.15, 0.2) is 0 Å². The molecule has 0 aromatic rings. The van der Waals surface area contributed by atoms with Crippen LogP contribution in [-0.2, 0) is 4.79 Å². The summed E-state index contributed by atoms with van der Waals surface area (Å²) in [4.78, 5) is 11.9. The first kappa shape index (κ1) is 16.4. The van der Waals surface area contributed by atoms with Gasteiger partial charge in [0.25, 0.3) is 0 Å². The van der Waals surface area contributed by atoms with E-state index in [1.54, 1.807) is 0 Å². The minimum Gasteiger partial charge on any atom is -0.396 e. The van der Waals surface area contributed by atoms with E-state index < -0.39 is 0 Å². The third-order valence-electron chi connectivity index (χ3n) is 4.11. The quantitative estimate of drug-likeness (QED) is 0.659. The molecule has 0 saturated heterocycles. The molecule has 0 radical (unpaired) electrons. The summed E-state index contributed by atoms with van der Waals surface area (Å²) in [6.07, 6.45) is 5.78. The first-order valence-corrected chi connectivity index (χ1v) is 7.61. The van der Waals surface area contributed by atoms with E-state index in [0.717, 1.165) is 25.9 Å². The van der Waals surface area contributed by atoms with Crippen LogP contribution in [0.15, 0.2) is 0 Å². The maximum absolute atomic E-state index is 11.9. The molecule has 3 N–H and O–H groups in total. The summed E-state index contributed by atoms with van der Waals surface area (Å²) < 4.78 is 0. The minimum atomic E-state index is -0.191. The molecular weight excluding hydrogens is 240 g/mol. The third kappa shape index (κ3) is 5.49. The van der Waals surface area contributed by atoms with Crippen LogP contribution in [0.25, 0.3) is 0 Å². The van der Waals surface area contributed by atoms with Crippen molar-refractivity contribution in [1.82, 2.24) is 10.6 Å². The molecule has 1 rings (SSSR count). The van der Waals surface area contributed by atoms with Gasteiger partial charge < -0.3 is 15.7 Å². The number of hydrogen-bond donors (Lipinski definition) is 3. The monoisotopic (exact) mass is 270 g/mol. The van der Waals surface area contributed by atoms with E-state index in [9.17, 15) is 9.90 Å². The summed E-state index contributed by atoms with van der Waals surface area (Å²) in [7, 11) is 0. The maximum Gasteiger partial charge on any atom is 0.236 e. The predicted molar refractivity (Wildman–Crippen MR) is 77.9 cm³/mol. The van der Waals surface area contributed by atoms with E-state index in [2.05, 4.69) is 24.5 Å². The Kier molecular flexibility index (Phi) is 6.80. The lowest BCUT2D eigenvalue weighted by Crippen LogP contribution is -2.48.